The van der Waals surface area contributed by atoms with E-state index in [9.17, 15) is 24.0 Å². The van der Waals surface area contributed by atoms with Crippen LogP contribution >= 0.6 is 34.7 Å². The van der Waals surface area contributed by atoms with Crippen LogP contribution < -0.4 is 15.4 Å². The molecule has 2 aliphatic heterocycles. The number of hydrogen-bond acceptors (Lipinski definition) is 14. The molecule has 4 rings (SSSR count). The molecule has 0 radical (unpaired) electrons. The van der Waals surface area contributed by atoms with E-state index in [1.165, 1.54) is 35.9 Å². The Balaban J connectivity index is 1.57. The Hall–Kier alpha value is -4.35. The molecule has 1 aromatic carbocycles. The van der Waals surface area contributed by atoms with Crippen molar-refractivity contribution in [2.75, 3.05) is 18.3 Å². The summed E-state index contributed by atoms with van der Waals surface area (Å²) in [5.74, 6) is -2.32. The molecule has 1 aromatic heterocycles. The molecule has 3 amide bonds. The summed E-state index contributed by atoms with van der Waals surface area (Å²) < 4.78 is 21.5. The van der Waals surface area contributed by atoms with Gasteiger partial charge in [0.1, 0.15) is 46.4 Å². The van der Waals surface area contributed by atoms with E-state index in [0.717, 1.165) is 11.3 Å². The second kappa shape index (κ2) is 16.3. The maximum Gasteiger partial charge on any atom is 0.413 e. The van der Waals surface area contributed by atoms with E-state index in [1.807, 2.05) is 6.92 Å². The summed E-state index contributed by atoms with van der Waals surface area (Å²) in [7, 11) is 1.55. The molecule has 3 unspecified atom stereocenters. The lowest BCUT2D eigenvalue weighted by atomic mass is 10.0. The molecule has 2 aromatic rings. The summed E-state index contributed by atoms with van der Waals surface area (Å²) >= 11 is 8.58. The first kappa shape index (κ1) is 41.4. The number of thiazole rings is 1. The third-order valence-corrected chi connectivity index (χ3v) is 9.90. The number of aromatic nitrogens is 1. The molecule has 18 heteroatoms. The number of ether oxygens (including phenoxy) is 4. The number of alkyl halides is 1. The number of hydrogen-bond donors (Lipinski definition) is 2. The first-order valence-electron chi connectivity index (χ1n) is 16.5. The summed E-state index contributed by atoms with van der Waals surface area (Å²) in [5, 5.41) is 9.73. The number of anilines is 1. The fourth-order valence-corrected chi connectivity index (χ4v) is 7.38. The minimum absolute atomic E-state index is 0.0222. The molecule has 0 saturated carbocycles. The molecule has 0 spiro atoms. The Bertz CT molecular complexity index is 1800. The monoisotopic (exact) mass is 793 g/mol. The van der Waals surface area contributed by atoms with Gasteiger partial charge in [0.15, 0.2) is 10.8 Å². The van der Waals surface area contributed by atoms with Crippen molar-refractivity contribution in [2.24, 2.45) is 5.16 Å². The Kier molecular flexibility index (Phi) is 12.8. The van der Waals surface area contributed by atoms with E-state index in [0.29, 0.717) is 16.9 Å². The fourth-order valence-electron chi connectivity index (χ4n) is 4.80. The molecule has 2 N–H and O–H groups in total. The van der Waals surface area contributed by atoms with Crippen molar-refractivity contribution in [1.29, 1.82) is 0 Å². The molecule has 1 saturated heterocycles. The standard InChI is InChI=1S/C35H44ClN5O10S2/c1-18-21(15-36)25(29(44)48-16-19-11-13-20(47-10)14-12-19)41-27(43)24(28(41)53-18)38-26(42)23(40-51-35(8,9)30(45)49-33(2,3)4)22-17-52-31(37-22)39-32(46)50-34(5,6)7/h11-14,17-18,24,28H,15-16H2,1-10H3,(H,38,42)(H,37,39,46). The molecule has 2 aliphatic rings. The number of fused-ring (bicyclic) bond motifs is 1. The average molecular weight is 794 g/mol. The van der Waals surface area contributed by atoms with Gasteiger partial charge in [-0.1, -0.05) is 17.3 Å². The topological polar surface area (TPSA) is 184 Å². The van der Waals surface area contributed by atoms with Crippen molar-refractivity contribution in [3.63, 3.8) is 0 Å². The molecule has 0 aliphatic carbocycles. The summed E-state index contributed by atoms with van der Waals surface area (Å²) in [6, 6.07) is 5.88. The number of oxime groups is 1. The number of halogens is 1. The predicted octanol–water partition coefficient (Wildman–Crippen LogP) is 5.36. The second-order valence-electron chi connectivity index (χ2n) is 14.5. The van der Waals surface area contributed by atoms with Crippen molar-refractivity contribution in [3.05, 3.63) is 52.2 Å². The van der Waals surface area contributed by atoms with Crippen LogP contribution in [-0.4, -0.2) is 91.9 Å². The van der Waals surface area contributed by atoms with E-state index in [2.05, 4.69) is 20.8 Å². The normalized spacial score (nSPS) is 19.1. The van der Waals surface area contributed by atoms with Gasteiger partial charge in [0.2, 0.25) is 5.60 Å². The highest BCUT2D eigenvalue weighted by Crippen LogP contribution is 2.44. The highest BCUT2D eigenvalue weighted by molar-refractivity contribution is 8.00. The van der Waals surface area contributed by atoms with Crippen LogP contribution in [0.3, 0.4) is 0 Å². The number of esters is 2. The van der Waals surface area contributed by atoms with Gasteiger partial charge in [-0.2, -0.15) is 0 Å². The number of carbonyl (C=O) groups excluding carboxylic acids is 5. The fraction of sp³-hybridized carbons (Fsp3) is 0.514. The molecular weight excluding hydrogens is 750 g/mol. The maximum absolute atomic E-state index is 13.9. The SMILES string of the molecule is COc1ccc(COC(=O)C2=C(CCl)C(C)SC3C(NC(=O)C(=NOC(C)(C)C(=O)OC(C)(C)C)c4csc(NC(=O)OC(C)(C)C)n4)C(=O)N23)cc1. The molecule has 1 fully saturated rings. The smallest absolute Gasteiger partial charge is 0.413 e. The summed E-state index contributed by atoms with van der Waals surface area (Å²) in [6.45, 7) is 14.8. The number of nitrogens with zero attached hydrogens (tertiary/aromatic N) is 3. The Labute approximate surface area is 321 Å². The van der Waals surface area contributed by atoms with Gasteiger partial charge in [0.25, 0.3) is 11.8 Å². The number of carbonyl (C=O) groups is 5. The van der Waals surface area contributed by atoms with Gasteiger partial charge in [-0.05, 0) is 85.6 Å². The van der Waals surface area contributed by atoms with Crippen molar-refractivity contribution in [3.8, 4) is 5.75 Å². The average Bonchev–Trinajstić information content (AvgIpc) is 3.51. The zero-order valence-electron chi connectivity index (χ0n) is 31.2. The van der Waals surface area contributed by atoms with E-state index >= 15 is 0 Å². The molecule has 0 bridgehead atoms. The zero-order chi connectivity index (χ0) is 39.5. The van der Waals surface area contributed by atoms with Crippen LogP contribution in [0.1, 0.15) is 73.6 Å². The highest BCUT2D eigenvalue weighted by Gasteiger charge is 2.56. The Morgan fingerprint density at radius 2 is 1.64 bits per heavy atom. The van der Waals surface area contributed by atoms with Crippen LogP contribution in [0.15, 0.2) is 46.1 Å². The number of benzene rings is 1. The van der Waals surface area contributed by atoms with Gasteiger partial charge < -0.3 is 29.1 Å². The summed E-state index contributed by atoms with van der Waals surface area (Å²) in [4.78, 5) is 77.5. The van der Waals surface area contributed by atoms with E-state index < -0.39 is 63.8 Å². The van der Waals surface area contributed by atoms with Gasteiger partial charge in [-0.15, -0.1) is 34.7 Å². The van der Waals surface area contributed by atoms with E-state index in [1.54, 1.807) is 72.9 Å². The van der Waals surface area contributed by atoms with Crippen molar-refractivity contribution in [2.45, 2.75) is 102 Å². The number of rotatable bonds is 12. The van der Waals surface area contributed by atoms with Crippen LogP contribution in [0.5, 0.6) is 5.75 Å². The highest BCUT2D eigenvalue weighted by atomic mass is 35.5. The first-order chi connectivity index (χ1) is 24.6. The Morgan fingerprint density at radius 3 is 2.23 bits per heavy atom. The minimum Gasteiger partial charge on any atom is -0.497 e. The van der Waals surface area contributed by atoms with Crippen LogP contribution in [0.4, 0.5) is 9.93 Å². The quantitative estimate of drug-likeness (QED) is 0.0701. The largest absolute Gasteiger partial charge is 0.497 e. The molecule has 3 atom stereocenters. The third kappa shape index (κ3) is 10.4. The molecule has 15 nitrogen and oxygen atoms in total. The van der Waals surface area contributed by atoms with Gasteiger partial charge in [-0.25, -0.2) is 19.4 Å². The molecular formula is C35H44ClN5O10S2. The van der Waals surface area contributed by atoms with Gasteiger partial charge in [0.05, 0.1) is 7.11 Å². The summed E-state index contributed by atoms with van der Waals surface area (Å²) in [6.07, 6.45) is -0.769. The van der Waals surface area contributed by atoms with E-state index in [4.69, 9.17) is 35.4 Å². The lowest BCUT2D eigenvalue weighted by molar-refractivity contribution is -0.179. The van der Waals surface area contributed by atoms with Crippen LogP contribution in [-0.2, 0) is 44.8 Å². The first-order valence-corrected chi connectivity index (χ1v) is 18.8. The number of amides is 3. The van der Waals surface area contributed by atoms with E-state index in [-0.39, 0.29) is 34.3 Å². The van der Waals surface area contributed by atoms with Gasteiger partial charge in [-0.3, -0.25) is 19.8 Å². The Morgan fingerprint density at radius 1 is 1.00 bits per heavy atom. The molecule has 288 valence electrons. The maximum atomic E-state index is 13.9. The van der Waals surface area contributed by atoms with Crippen molar-refractivity contribution >= 4 is 75.4 Å². The number of methoxy groups -OCH3 is 1. The number of nitrogens with one attached hydrogen (secondary N) is 2. The summed E-state index contributed by atoms with van der Waals surface area (Å²) in [5.41, 5.74) is -2.44. The van der Waals surface area contributed by atoms with Crippen molar-refractivity contribution < 1.29 is 47.8 Å². The van der Waals surface area contributed by atoms with Crippen LogP contribution in [0.2, 0.25) is 0 Å². The second-order valence-corrected chi connectivity index (χ2v) is 17.1. The van der Waals surface area contributed by atoms with Crippen LogP contribution in [0, 0.1) is 0 Å². The van der Waals surface area contributed by atoms with Crippen LogP contribution in [0.25, 0.3) is 0 Å². The minimum atomic E-state index is -1.64. The predicted molar refractivity (Wildman–Crippen MR) is 200 cm³/mol. The molecule has 53 heavy (non-hydrogen) atoms. The van der Waals surface area contributed by atoms with Gasteiger partial charge >= 0.3 is 18.0 Å². The lowest BCUT2D eigenvalue weighted by Gasteiger charge is -2.51. The third-order valence-electron chi connectivity index (χ3n) is 7.40. The zero-order valence-corrected chi connectivity index (χ0v) is 33.5. The lowest BCUT2D eigenvalue weighted by Crippen LogP contribution is -2.71. The van der Waals surface area contributed by atoms with Gasteiger partial charge in [0, 0.05) is 16.5 Å². The number of thioether (sulfide) groups is 1. The molecule has 3 heterocycles. The van der Waals surface area contributed by atoms with Crippen molar-refractivity contribution in [1.82, 2.24) is 15.2 Å². The number of β-lactam (4-membered cyclic amide) rings is 1.